The minimum atomic E-state index is -0.989. The Balaban J connectivity index is 1.66. The summed E-state index contributed by atoms with van der Waals surface area (Å²) in [5, 5.41) is 22.4. The van der Waals surface area contributed by atoms with Gasteiger partial charge in [0.15, 0.2) is 23.4 Å². The molecule has 130 valence electrons. The van der Waals surface area contributed by atoms with Gasteiger partial charge in [0.1, 0.15) is 0 Å². The van der Waals surface area contributed by atoms with Crippen molar-refractivity contribution in [2.75, 3.05) is 13.1 Å². The Labute approximate surface area is 145 Å². The third kappa shape index (κ3) is 1.24. The van der Waals surface area contributed by atoms with Crippen LogP contribution in [0.5, 0.6) is 11.5 Å². The average molecular weight is 339 g/mol. The number of hydrogen-bond acceptors (Lipinski definition) is 5. The maximum atomic E-state index is 12.8. The molecule has 6 rings (SSSR count). The first-order valence-electron chi connectivity index (χ1n) is 9.09. The number of hydrogen-bond donors (Lipinski definition) is 2. The number of benzene rings is 1. The van der Waals surface area contributed by atoms with Gasteiger partial charge in [0.25, 0.3) is 0 Å². The zero-order valence-electron chi connectivity index (χ0n) is 14.0. The molecule has 1 aromatic carbocycles. The van der Waals surface area contributed by atoms with Crippen LogP contribution in [0.1, 0.15) is 30.4 Å². The largest absolute Gasteiger partial charge is 0.504 e. The number of phenolic OH excluding ortho intramolecular Hbond substituents is 1. The lowest BCUT2D eigenvalue weighted by atomic mass is 9.57. The molecule has 0 radical (unpaired) electrons. The standard InChI is InChI=1S/C20H21NO4/c1-2-7-21-10-18-8-11-3-4-12(22)15-14(11)19(9-18)16(25-15)13(23)5-6-20(19,24)17(18)21/h2-4,16-17,22,24H,1,5-10H2/t16-,17?,18?,19?,20+/m0/s1. The fourth-order valence-corrected chi connectivity index (χ4v) is 7.19. The summed E-state index contributed by atoms with van der Waals surface area (Å²) in [6.07, 6.45) is 3.68. The summed E-state index contributed by atoms with van der Waals surface area (Å²) in [6, 6.07) is 3.65. The van der Waals surface area contributed by atoms with Crippen LogP contribution in [0.15, 0.2) is 24.8 Å². The van der Waals surface area contributed by atoms with Crippen LogP contribution in [-0.4, -0.2) is 51.7 Å². The Morgan fingerprint density at radius 3 is 3.08 bits per heavy atom. The van der Waals surface area contributed by atoms with E-state index in [1.807, 2.05) is 12.1 Å². The van der Waals surface area contributed by atoms with Crippen molar-refractivity contribution >= 4 is 5.78 Å². The van der Waals surface area contributed by atoms with Crippen LogP contribution in [-0.2, 0) is 16.6 Å². The number of carbonyl (C=O) groups is 1. The maximum absolute atomic E-state index is 12.8. The Morgan fingerprint density at radius 2 is 2.28 bits per heavy atom. The predicted octanol–water partition coefficient (Wildman–Crippen LogP) is 1.30. The molecule has 25 heavy (non-hydrogen) atoms. The van der Waals surface area contributed by atoms with Crippen LogP contribution in [0.3, 0.4) is 0 Å². The van der Waals surface area contributed by atoms with Crippen molar-refractivity contribution < 1.29 is 19.7 Å². The van der Waals surface area contributed by atoms with Gasteiger partial charge in [-0.15, -0.1) is 6.58 Å². The van der Waals surface area contributed by atoms with E-state index in [1.165, 1.54) is 0 Å². The molecule has 2 saturated carbocycles. The first-order valence-corrected chi connectivity index (χ1v) is 9.09. The average Bonchev–Trinajstić information content (AvgIpc) is 2.99. The number of nitrogens with zero attached hydrogens (tertiary/aromatic N) is 1. The molecule has 0 amide bonds. The number of carbonyl (C=O) groups excluding carboxylic acids is 1. The zero-order valence-corrected chi connectivity index (χ0v) is 14.0. The fraction of sp³-hybridized carbons (Fsp3) is 0.550. The molecular weight excluding hydrogens is 318 g/mol. The second kappa shape index (κ2) is 3.94. The topological polar surface area (TPSA) is 70.0 Å². The number of ether oxygens (including phenoxy) is 1. The lowest BCUT2D eigenvalue weighted by Crippen LogP contribution is -2.72. The van der Waals surface area contributed by atoms with E-state index in [1.54, 1.807) is 6.07 Å². The van der Waals surface area contributed by atoms with E-state index in [0.717, 1.165) is 37.1 Å². The lowest BCUT2D eigenvalue weighted by Gasteiger charge is -2.58. The molecule has 1 saturated heterocycles. The number of Topliss-reactive ketones (excluding diaryl/α,β-unsaturated/α-hetero) is 1. The van der Waals surface area contributed by atoms with Gasteiger partial charge in [-0.2, -0.15) is 0 Å². The minimum absolute atomic E-state index is 0.00439. The van der Waals surface area contributed by atoms with E-state index in [9.17, 15) is 15.0 Å². The number of likely N-dealkylation sites (tertiary alicyclic amines) is 1. The van der Waals surface area contributed by atoms with Gasteiger partial charge in [0.05, 0.1) is 11.0 Å². The highest BCUT2D eigenvalue weighted by atomic mass is 16.5. The summed E-state index contributed by atoms with van der Waals surface area (Å²) in [6.45, 7) is 5.53. The number of fused-ring (bicyclic) bond motifs is 1. The number of aliphatic hydroxyl groups is 1. The van der Waals surface area contributed by atoms with Gasteiger partial charge in [-0.1, -0.05) is 12.1 Å². The molecule has 3 fully saturated rings. The van der Waals surface area contributed by atoms with E-state index in [0.29, 0.717) is 18.6 Å². The lowest BCUT2D eigenvalue weighted by molar-refractivity contribution is -0.168. The van der Waals surface area contributed by atoms with E-state index in [2.05, 4.69) is 11.5 Å². The highest BCUT2D eigenvalue weighted by Crippen LogP contribution is 2.74. The van der Waals surface area contributed by atoms with Gasteiger partial charge in [-0.3, -0.25) is 9.69 Å². The molecule has 0 aromatic heterocycles. The van der Waals surface area contributed by atoms with Gasteiger partial charge >= 0.3 is 0 Å². The number of ketones is 1. The maximum Gasteiger partial charge on any atom is 0.174 e. The first-order chi connectivity index (χ1) is 12.0. The van der Waals surface area contributed by atoms with Crippen molar-refractivity contribution in [1.82, 2.24) is 4.90 Å². The summed E-state index contributed by atoms with van der Waals surface area (Å²) in [5.41, 5.74) is 0.346. The van der Waals surface area contributed by atoms with Crippen molar-refractivity contribution in [3.8, 4) is 11.5 Å². The smallest absolute Gasteiger partial charge is 0.174 e. The van der Waals surface area contributed by atoms with Gasteiger partial charge < -0.3 is 14.9 Å². The fourth-order valence-electron chi connectivity index (χ4n) is 7.19. The number of rotatable bonds is 2. The van der Waals surface area contributed by atoms with E-state index in [-0.39, 0.29) is 23.0 Å². The highest BCUT2D eigenvalue weighted by molar-refractivity contribution is 5.90. The molecule has 2 bridgehead atoms. The second-order valence-electron chi connectivity index (χ2n) is 8.64. The third-order valence-corrected chi connectivity index (χ3v) is 7.62. The molecule has 5 nitrogen and oxygen atoms in total. The van der Waals surface area contributed by atoms with Crippen LogP contribution in [0.4, 0.5) is 0 Å². The molecular formula is C20H21NO4. The predicted molar refractivity (Wildman–Crippen MR) is 89.7 cm³/mol. The minimum Gasteiger partial charge on any atom is -0.504 e. The SMILES string of the molecule is C=CCN1CC23Cc4ccc(O)c5c4C4(C2)[C@@H](O5)C(=O)CC[C@@]4(O)C13. The van der Waals surface area contributed by atoms with Gasteiger partial charge in [0, 0.05) is 36.5 Å². The molecule has 1 aromatic rings. The van der Waals surface area contributed by atoms with Gasteiger partial charge in [-0.05, 0) is 30.9 Å². The normalized spacial score (nSPS) is 45.4. The molecule has 2 aliphatic heterocycles. The molecule has 2 N–H and O–H groups in total. The summed E-state index contributed by atoms with van der Waals surface area (Å²) in [5.74, 6) is 0.568. The van der Waals surface area contributed by atoms with Gasteiger partial charge in [-0.25, -0.2) is 0 Å². The summed E-state index contributed by atoms with van der Waals surface area (Å²) in [4.78, 5) is 15.1. The first kappa shape index (κ1) is 14.3. The molecule has 2 heterocycles. The molecule has 5 heteroatoms. The second-order valence-corrected chi connectivity index (χ2v) is 8.64. The van der Waals surface area contributed by atoms with Crippen molar-refractivity contribution in [3.05, 3.63) is 35.9 Å². The van der Waals surface area contributed by atoms with Crippen molar-refractivity contribution in [2.45, 2.75) is 48.8 Å². The molecule has 3 unspecified atom stereocenters. The Morgan fingerprint density at radius 1 is 1.44 bits per heavy atom. The highest BCUT2D eigenvalue weighted by Gasteiger charge is 2.83. The van der Waals surface area contributed by atoms with E-state index in [4.69, 9.17) is 4.74 Å². The van der Waals surface area contributed by atoms with Crippen molar-refractivity contribution in [2.24, 2.45) is 5.41 Å². The van der Waals surface area contributed by atoms with Crippen molar-refractivity contribution in [3.63, 3.8) is 0 Å². The van der Waals surface area contributed by atoms with Crippen LogP contribution in [0, 0.1) is 5.41 Å². The van der Waals surface area contributed by atoms with Crippen LogP contribution < -0.4 is 4.74 Å². The summed E-state index contributed by atoms with van der Waals surface area (Å²) in [7, 11) is 0. The van der Waals surface area contributed by atoms with Crippen LogP contribution >= 0.6 is 0 Å². The van der Waals surface area contributed by atoms with Crippen LogP contribution in [0.25, 0.3) is 0 Å². The summed E-state index contributed by atoms with van der Waals surface area (Å²) >= 11 is 0. The van der Waals surface area contributed by atoms with E-state index >= 15 is 0 Å². The zero-order chi connectivity index (χ0) is 17.2. The Hall–Kier alpha value is -1.85. The number of phenols is 1. The molecule has 3 aliphatic carbocycles. The number of aromatic hydroxyl groups is 1. The third-order valence-electron chi connectivity index (χ3n) is 7.62. The Kier molecular flexibility index (Phi) is 2.26. The molecule has 2 spiro atoms. The van der Waals surface area contributed by atoms with Crippen molar-refractivity contribution in [1.29, 1.82) is 0 Å². The van der Waals surface area contributed by atoms with Gasteiger partial charge in [0.2, 0.25) is 0 Å². The quantitative estimate of drug-likeness (QED) is 0.795. The summed E-state index contributed by atoms with van der Waals surface area (Å²) < 4.78 is 6.05. The van der Waals surface area contributed by atoms with Crippen LogP contribution in [0.2, 0.25) is 0 Å². The Bertz CT molecular complexity index is 865. The molecule has 5 aliphatic rings. The molecule has 5 atom stereocenters. The monoisotopic (exact) mass is 339 g/mol. The van der Waals surface area contributed by atoms with E-state index < -0.39 is 17.1 Å².